The van der Waals surface area contributed by atoms with Crippen LogP contribution in [0.5, 0.6) is 0 Å². The van der Waals surface area contributed by atoms with Gasteiger partial charge in [-0.05, 0) is 12.1 Å². The van der Waals surface area contributed by atoms with E-state index in [1.165, 1.54) is 11.2 Å². The van der Waals surface area contributed by atoms with Gasteiger partial charge in [-0.3, -0.25) is 4.79 Å². The van der Waals surface area contributed by atoms with Crippen molar-refractivity contribution < 1.29 is 9.90 Å². The number of imidazole rings is 1. The zero-order valence-corrected chi connectivity index (χ0v) is 15.0. The minimum Gasteiger partial charge on any atom is -0.382 e. The Bertz CT molecular complexity index is 1130. The summed E-state index contributed by atoms with van der Waals surface area (Å²) in [4.78, 5) is 26.3. The molecule has 8 heteroatoms. The standard InChI is InChI=1S/C19H18N6O2/c1-24-9-8-19(27,18(24)26)7-6-12-4-3-5-13(10-12)16-23-14-15(20)21-11-22-17(14)25(16)2/h3-5,10-11,27H,8-9H2,1-2H3,(H2,20,21,22)/t19-/m0/s1. The Morgan fingerprint density at radius 1 is 1.30 bits per heavy atom. The average Bonchev–Trinajstić information content (AvgIpc) is 3.14. The maximum absolute atomic E-state index is 12.0. The number of aromatic nitrogens is 4. The molecule has 1 saturated heterocycles. The smallest absolute Gasteiger partial charge is 0.267 e. The number of anilines is 1. The van der Waals surface area contributed by atoms with E-state index in [1.807, 2.05) is 35.9 Å². The van der Waals surface area contributed by atoms with E-state index in [1.54, 1.807) is 7.05 Å². The van der Waals surface area contributed by atoms with Crippen LogP contribution in [0.15, 0.2) is 30.6 Å². The number of likely N-dealkylation sites (N-methyl/N-ethyl adjacent to an activating group) is 1. The van der Waals surface area contributed by atoms with E-state index >= 15 is 0 Å². The Balaban J connectivity index is 1.73. The monoisotopic (exact) mass is 362 g/mol. The van der Waals surface area contributed by atoms with Gasteiger partial charge in [0.15, 0.2) is 17.0 Å². The van der Waals surface area contributed by atoms with Gasteiger partial charge in [-0.15, -0.1) is 0 Å². The first kappa shape index (κ1) is 17.0. The van der Waals surface area contributed by atoms with Crippen molar-refractivity contribution in [2.24, 2.45) is 7.05 Å². The summed E-state index contributed by atoms with van der Waals surface area (Å²) < 4.78 is 1.84. The SMILES string of the molecule is CN1CC[C@@](O)(C#Cc2cccc(-c3nc4c(N)ncnc4n3C)c2)C1=O. The number of fused-ring (bicyclic) bond motifs is 1. The third-order valence-corrected chi connectivity index (χ3v) is 4.73. The van der Waals surface area contributed by atoms with E-state index in [0.717, 1.165) is 5.56 Å². The Labute approximate surface area is 155 Å². The summed E-state index contributed by atoms with van der Waals surface area (Å²) in [5.74, 6) is 6.28. The molecule has 2 aromatic heterocycles. The second kappa shape index (κ2) is 6.07. The van der Waals surface area contributed by atoms with Crippen molar-refractivity contribution in [1.29, 1.82) is 0 Å². The molecule has 0 saturated carbocycles. The molecule has 0 bridgehead atoms. The summed E-state index contributed by atoms with van der Waals surface area (Å²) in [5.41, 5.74) is 6.95. The Morgan fingerprint density at radius 3 is 2.81 bits per heavy atom. The molecule has 8 nitrogen and oxygen atoms in total. The number of rotatable bonds is 1. The van der Waals surface area contributed by atoms with Crippen LogP contribution in [0.1, 0.15) is 12.0 Å². The van der Waals surface area contributed by atoms with E-state index in [2.05, 4.69) is 26.8 Å². The molecule has 0 spiro atoms. The second-order valence-electron chi connectivity index (χ2n) is 6.59. The van der Waals surface area contributed by atoms with Crippen molar-refractivity contribution in [3.63, 3.8) is 0 Å². The number of hydrogen-bond acceptors (Lipinski definition) is 6. The normalized spacial score (nSPS) is 19.4. The third-order valence-electron chi connectivity index (χ3n) is 4.73. The second-order valence-corrected chi connectivity index (χ2v) is 6.59. The first-order chi connectivity index (χ1) is 12.9. The highest BCUT2D eigenvalue weighted by molar-refractivity contribution is 5.90. The number of benzene rings is 1. The highest BCUT2D eigenvalue weighted by Crippen LogP contribution is 2.25. The quantitative estimate of drug-likeness (QED) is 0.612. The molecule has 3 heterocycles. The fourth-order valence-corrected chi connectivity index (χ4v) is 3.16. The predicted octanol–water partition coefficient (Wildman–Crippen LogP) is 0.557. The van der Waals surface area contributed by atoms with E-state index in [4.69, 9.17) is 5.73 Å². The Kier molecular flexibility index (Phi) is 3.82. The minimum atomic E-state index is -1.62. The molecule has 136 valence electrons. The van der Waals surface area contributed by atoms with Crippen LogP contribution < -0.4 is 5.73 Å². The number of aryl methyl sites for hydroxylation is 1. The van der Waals surface area contributed by atoms with Gasteiger partial charge in [-0.25, -0.2) is 15.0 Å². The molecular formula is C19H18N6O2. The average molecular weight is 362 g/mol. The Morgan fingerprint density at radius 2 is 2.11 bits per heavy atom. The zero-order chi connectivity index (χ0) is 19.2. The topological polar surface area (TPSA) is 110 Å². The summed E-state index contributed by atoms with van der Waals surface area (Å²) in [6.07, 6.45) is 1.71. The third kappa shape index (κ3) is 2.78. The van der Waals surface area contributed by atoms with Crippen LogP contribution in [0.3, 0.4) is 0 Å². The van der Waals surface area contributed by atoms with Gasteiger partial charge in [0.05, 0.1) is 0 Å². The van der Waals surface area contributed by atoms with Crippen molar-refractivity contribution >= 4 is 22.9 Å². The van der Waals surface area contributed by atoms with Crippen molar-refractivity contribution in [3.05, 3.63) is 36.2 Å². The number of nitrogens with zero attached hydrogens (tertiary/aromatic N) is 5. The number of nitrogen functional groups attached to an aromatic ring is 1. The molecule has 0 unspecified atom stereocenters. The Hall–Kier alpha value is -3.44. The first-order valence-corrected chi connectivity index (χ1v) is 8.43. The summed E-state index contributed by atoms with van der Waals surface area (Å²) in [5, 5.41) is 10.4. The molecule has 1 fully saturated rings. The minimum absolute atomic E-state index is 0.303. The molecule has 0 aliphatic carbocycles. The van der Waals surface area contributed by atoms with Gasteiger partial charge in [0.2, 0.25) is 5.60 Å². The van der Waals surface area contributed by atoms with Crippen LogP contribution in [0.25, 0.3) is 22.6 Å². The summed E-state index contributed by atoms with van der Waals surface area (Å²) in [7, 11) is 3.51. The maximum atomic E-state index is 12.0. The lowest BCUT2D eigenvalue weighted by molar-refractivity contribution is -0.137. The van der Waals surface area contributed by atoms with Crippen LogP contribution in [-0.2, 0) is 11.8 Å². The van der Waals surface area contributed by atoms with Crippen LogP contribution in [0, 0.1) is 11.8 Å². The predicted molar refractivity (Wildman–Crippen MR) is 100 cm³/mol. The van der Waals surface area contributed by atoms with Crippen LogP contribution in [0.4, 0.5) is 5.82 Å². The van der Waals surface area contributed by atoms with Gasteiger partial charge in [0.1, 0.15) is 12.2 Å². The number of carbonyl (C=O) groups is 1. The lowest BCUT2D eigenvalue weighted by Crippen LogP contribution is -2.37. The number of carbonyl (C=O) groups excluding carboxylic acids is 1. The van der Waals surface area contributed by atoms with Crippen molar-refractivity contribution in [2.45, 2.75) is 12.0 Å². The van der Waals surface area contributed by atoms with Crippen LogP contribution in [-0.4, -0.2) is 54.6 Å². The number of likely N-dealkylation sites (tertiary alicyclic amines) is 1. The molecule has 0 radical (unpaired) electrons. The fraction of sp³-hybridized carbons (Fsp3) is 0.263. The van der Waals surface area contributed by atoms with Gasteiger partial charge in [0.25, 0.3) is 5.91 Å². The van der Waals surface area contributed by atoms with Crippen molar-refractivity contribution in [2.75, 3.05) is 19.3 Å². The summed E-state index contributed by atoms with van der Waals surface area (Å²) in [6.45, 7) is 0.492. The molecule has 3 aromatic rings. The lowest BCUT2D eigenvalue weighted by atomic mass is 10.0. The highest BCUT2D eigenvalue weighted by Gasteiger charge is 2.42. The number of amides is 1. The van der Waals surface area contributed by atoms with E-state index < -0.39 is 5.60 Å². The molecule has 27 heavy (non-hydrogen) atoms. The molecule has 1 aliphatic heterocycles. The number of nitrogens with two attached hydrogens (primary N) is 1. The van der Waals surface area contributed by atoms with Gasteiger partial charge in [-0.1, -0.05) is 24.0 Å². The molecule has 4 rings (SSSR count). The summed E-state index contributed by atoms with van der Waals surface area (Å²) >= 11 is 0. The molecule has 3 N–H and O–H groups in total. The molecular weight excluding hydrogens is 344 g/mol. The van der Waals surface area contributed by atoms with E-state index in [-0.39, 0.29) is 5.91 Å². The van der Waals surface area contributed by atoms with Crippen molar-refractivity contribution in [3.8, 4) is 23.2 Å². The van der Waals surface area contributed by atoms with Gasteiger partial charge >= 0.3 is 0 Å². The van der Waals surface area contributed by atoms with E-state index in [9.17, 15) is 9.90 Å². The van der Waals surface area contributed by atoms with E-state index in [0.29, 0.717) is 41.3 Å². The number of hydrogen-bond donors (Lipinski definition) is 2. The fourth-order valence-electron chi connectivity index (χ4n) is 3.16. The van der Waals surface area contributed by atoms with Gasteiger partial charge in [-0.2, -0.15) is 0 Å². The molecule has 1 amide bonds. The van der Waals surface area contributed by atoms with Crippen LogP contribution >= 0.6 is 0 Å². The molecule has 1 aromatic carbocycles. The molecule has 1 aliphatic rings. The summed E-state index contributed by atoms with van der Waals surface area (Å²) in [6, 6.07) is 7.42. The first-order valence-electron chi connectivity index (χ1n) is 8.43. The van der Waals surface area contributed by atoms with Gasteiger partial charge in [0, 0.05) is 38.2 Å². The van der Waals surface area contributed by atoms with Crippen LogP contribution in [0.2, 0.25) is 0 Å². The zero-order valence-electron chi connectivity index (χ0n) is 15.0. The molecule has 1 atom stereocenters. The number of aliphatic hydroxyl groups is 1. The largest absolute Gasteiger partial charge is 0.382 e. The van der Waals surface area contributed by atoms with Crippen molar-refractivity contribution in [1.82, 2.24) is 24.4 Å². The lowest BCUT2D eigenvalue weighted by Gasteiger charge is -2.13. The highest BCUT2D eigenvalue weighted by atomic mass is 16.3. The van der Waals surface area contributed by atoms with Gasteiger partial charge < -0.3 is 20.3 Å². The maximum Gasteiger partial charge on any atom is 0.267 e.